The molecule has 0 radical (unpaired) electrons. The number of para-hydroxylation sites is 2. The number of aromatic nitrogens is 6. The molecule has 9 rings (SSSR count). The van der Waals surface area contributed by atoms with Crippen LogP contribution in [-0.2, 0) is 0 Å². The summed E-state index contributed by atoms with van der Waals surface area (Å²) in [6.07, 6.45) is 2.87. The molecule has 9 aromatic rings. The van der Waals surface area contributed by atoms with Crippen LogP contribution in [-0.4, -0.2) is 41.5 Å². The number of nitrogens with zero attached hydrogens (tertiary/aromatic N) is 6. The number of benzene rings is 5. The molecule has 246 valence electrons. The van der Waals surface area contributed by atoms with Gasteiger partial charge in [-0.2, -0.15) is 0 Å². The van der Waals surface area contributed by atoms with Crippen LogP contribution in [0.2, 0.25) is 0 Å². The first kappa shape index (κ1) is 30.5. The molecule has 4 heterocycles. The second-order valence-corrected chi connectivity index (χ2v) is 11.8. The zero-order chi connectivity index (χ0) is 35.3. The number of carbonyl (C=O) groups is 2. The van der Waals surface area contributed by atoms with Gasteiger partial charge in [0.1, 0.15) is 11.4 Å². The highest BCUT2D eigenvalue weighted by atomic mass is 16.4. The van der Waals surface area contributed by atoms with E-state index in [1.54, 1.807) is 109 Å². The summed E-state index contributed by atoms with van der Waals surface area (Å²) in [7, 11) is 0. The number of hydrogen-bond acceptors (Lipinski definition) is 12. The Balaban J connectivity index is 0.968. The fourth-order valence-corrected chi connectivity index (χ4v) is 5.90. The fraction of sp³-hybridized carbons (Fsp3) is 0. The summed E-state index contributed by atoms with van der Waals surface area (Å²) < 4.78 is 10.8. The minimum Gasteiger partial charge on any atom is -0.401 e. The molecular formula is C40H20N6O6. The van der Waals surface area contributed by atoms with Crippen LogP contribution in [0.4, 0.5) is 0 Å². The van der Waals surface area contributed by atoms with Crippen molar-refractivity contribution in [1.29, 1.82) is 0 Å². The van der Waals surface area contributed by atoms with Gasteiger partial charge in [0.2, 0.25) is 0 Å². The van der Waals surface area contributed by atoms with Crippen LogP contribution in [0.3, 0.4) is 0 Å². The number of rotatable bonds is 6. The minimum atomic E-state index is -0.528. The molecule has 0 spiro atoms. The lowest BCUT2D eigenvalue weighted by Crippen LogP contribution is -2.07. The van der Waals surface area contributed by atoms with Crippen LogP contribution in [0.25, 0.3) is 67.0 Å². The number of ketones is 2. The van der Waals surface area contributed by atoms with Gasteiger partial charge in [-0.1, -0.05) is 42.5 Å². The maximum Gasteiger partial charge on any atom is 0.347 e. The molecule has 4 aromatic heterocycles. The summed E-state index contributed by atoms with van der Waals surface area (Å²) in [6.45, 7) is 0. The van der Waals surface area contributed by atoms with Crippen molar-refractivity contribution in [2.75, 3.05) is 0 Å². The standard InChI is InChI=1S/C40H20N6O6/c47-35(23-12-14-29-31(17-23)41-19-33(43-29)37-45-27-10-3-1-8-25(27)39(49)51-37)21-6-5-7-22(16-21)36(48)24-13-15-30-32(18-24)42-20-34(44-30)38-46-28-11-4-2-9-26(28)40(50)52-38/h1-20H. The quantitative estimate of drug-likeness (QED) is 0.178. The number of fused-ring (bicyclic) bond motifs is 4. The molecule has 0 aliphatic rings. The molecule has 0 atom stereocenters. The van der Waals surface area contributed by atoms with Gasteiger partial charge in [-0.15, -0.1) is 0 Å². The molecule has 5 aromatic carbocycles. The third kappa shape index (κ3) is 5.36. The van der Waals surface area contributed by atoms with Crippen LogP contribution >= 0.6 is 0 Å². The van der Waals surface area contributed by atoms with Crippen molar-refractivity contribution in [2.45, 2.75) is 0 Å². The Morgan fingerprint density at radius 3 is 1.35 bits per heavy atom. The van der Waals surface area contributed by atoms with Gasteiger partial charge >= 0.3 is 11.3 Å². The number of carbonyl (C=O) groups excluding carboxylic acids is 2. The molecule has 12 heteroatoms. The molecule has 0 saturated heterocycles. The van der Waals surface area contributed by atoms with E-state index in [0.717, 1.165) is 0 Å². The minimum absolute atomic E-state index is 0.0381. The zero-order valence-electron chi connectivity index (χ0n) is 26.7. The van der Waals surface area contributed by atoms with Crippen LogP contribution < -0.4 is 11.3 Å². The fourth-order valence-electron chi connectivity index (χ4n) is 5.90. The van der Waals surface area contributed by atoms with E-state index < -0.39 is 11.3 Å². The van der Waals surface area contributed by atoms with E-state index in [0.29, 0.717) is 66.1 Å². The molecule has 0 N–H and O–H groups in total. The van der Waals surface area contributed by atoms with Crippen molar-refractivity contribution >= 4 is 55.4 Å². The van der Waals surface area contributed by atoms with Crippen molar-refractivity contribution in [3.8, 4) is 23.2 Å². The Morgan fingerprint density at radius 1 is 0.423 bits per heavy atom. The average molecular weight is 681 g/mol. The van der Waals surface area contributed by atoms with Crippen molar-refractivity contribution < 1.29 is 18.4 Å². The summed E-state index contributed by atoms with van der Waals surface area (Å²) in [4.78, 5) is 78.9. The smallest absolute Gasteiger partial charge is 0.347 e. The summed E-state index contributed by atoms with van der Waals surface area (Å²) >= 11 is 0. The van der Waals surface area contributed by atoms with E-state index in [4.69, 9.17) is 8.83 Å². The SMILES string of the molecule is O=C(c1cccc(C(=O)c2ccc3nc(-c4nc5ccccc5c(=O)o4)cnc3c2)c1)c1ccc2nc(-c3nc4ccccc4c(=O)o3)cnc2c1. The van der Waals surface area contributed by atoms with Crippen LogP contribution in [0.1, 0.15) is 31.8 Å². The van der Waals surface area contributed by atoms with Crippen molar-refractivity contribution in [3.63, 3.8) is 0 Å². The zero-order valence-corrected chi connectivity index (χ0v) is 26.7. The van der Waals surface area contributed by atoms with Crippen LogP contribution in [0, 0.1) is 0 Å². The van der Waals surface area contributed by atoms with Crippen molar-refractivity contribution in [3.05, 3.63) is 165 Å². The Hall–Kier alpha value is -7.60. The third-order valence-corrected chi connectivity index (χ3v) is 8.50. The van der Waals surface area contributed by atoms with E-state index >= 15 is 0 Å². The van der Waals surface area contributed by atoms with Crippen LogP contribution in [0.15, 0.2) is 140 Å². The molecule has 0 unspecified atom stereocenters. The Morgan fingerprint density at radius 2 is 0.865 bits per heavy atom. The van der Waals surface area contributed by atoms with Crippen LogP contribution in [0.5, 0.6) is 0 Å². The van der Waals surface area contributed by atoms with Crippen molar-refractivity contribution in [2.24, 2.45) is 0 Å². The summed E-state index contributed by atoms with van der Waals surface area (Å²) in [5, 5.41) is 0.729. The maximum atomic E-state index is 13.6. The first-order chi connectivity index (χ1) is 25.4. The molecular weight excluding hydrogens is 660 g/mol. The van der Waals surface area contributed by atoms with Gasteiger partial charge in [0.15, 0.2) is 11.6 Å². The summed E-state index contributed by atoms with van der Waals surface area (Å²) in [5.41, 5.74) is 3.62. The predicted molar refractivity (Wildman–Crippen MR) is 191 cm³/mol. The van der Waals surface area contributed by atoms with E-state index in [2.05, 4.69) is 29.9 Å². The molecule has 52 heavy (non-hydrogen) atoms. The summed E-state index contributed by atoms with van der Waals surface area (Å²) in [5.74, 6) is -0.543. The average Bonchev–Trinajstić information content (AvgIpc) is 3.19. The molecule has 0 fully saturated rings. The monoisotopic (exact) mass is 680 g/mol. The molecule has 0 aliphatic carbocycles. The Labute approximate surface area is 291 Å². The largest absolute Gasteiger partial charge is 0.401 e. The van der Waals surface area contributed by atoms with Gasteiger partial charge in [-0.25, -0.2) is 29.5 Å². The third-order valence-electron chi connectivity index (χ3n) is 8.50. The Kier molecular flexibility index (Phi) is 7.07. The van der Waals surface area contributed by atoms with Gasteiger partial charge in [0.05, 0.1) is 56.3 Å². The van der Waals surface area contributed by atoms with Gasteiger partial charge in [-0.3, -0.25) is 19.6 Å². The highest BCUT2D eigenvalue weighted by Gasteiger charge is 2.18. The second kappa shape index (κ2) is 12.1. The first-order valence-electron chi connectivity index (χ1n) is 15.9. The first-order valence-corrected chi connectivity index (χ1v) is 15.9. The highest BCUT2D eigenvalue weighted by molar-refractivity contribution is 6.14. The molecule has 0 amide bonds. The van der Waals surface area contributed by atoms with E-state index in [1.807, 2.05) is 0 Å². The lowest BCUT2D eigenvalue weighted by Gasteiger charge is -2.07. The van der Waals surface area contributed by atoms with Crippen molar-refractivity contribution in [1.82, 2.24) is 29.9 Å². The predicted octanol–water partition coefficient (Wildman–Crippen LogP) is 6.37. The normalized spacial score (nSPS) is 11.4. The van der Waals surface area contributed by atoms with E-state index in [9.17, 15) is 19.2 Å². The molecule has 0 aliphatic heterocycles. The Bertz CT molecular complexity index is 2880. The van der Waals surface area contributed by atoms with Gasteiger partial charge in [-0.05, 0) is 66.7 Å². The summed E-state index contributed by atoms with van der Waals surface area (Å²) in [6, 6.07) is 30.0. The molecule has 0 saturated carbocycles. The number of hydrogen-bond donors (Lipinski definition) is 0. The van der Waals surface area contributed by atoms with E-state index in [1.165, 1.54) is 12.4 Å². The topological polar surface area (TPSA) is 172 Å². The lowest BCUT2D eigenvalue weighted by atomic mass is 9.97. The molecule has 0 bridgehead atoms. The van der Waals surface area contributed by atoms with E-state index in [-0.39, 0.29) is 34.7 Å². The second-order valence-electron chi connectivity index (χ2n) is 11.8. The highest BCUT2D eigenvalue weighted by Crippen LogP contribution is 2.24. The molecule has 12 nitrogen and oxygen atoms in total. The lowest BCUT2D eigenvalue weighted by molar-refractivity contribution is 0.103. The van der Waals surface area contributed by atoms with Gasteiger partial charge in [0.25, 0.3) is 11.8 Å². The van der Waals surface area contributed by atoms with Gasteiger partial charge in [0, 0.05) is 22.3 Å². The maximum absolute atomic E-state index is 13.6. The van der Waals surface area contributed by atoms with Gasteiger partial charge < -0.3 is 8.83 Å².